The Hall–Kier alpha value is -11.0. The molecule has 2 N–H and O–H groups in total. The van der Waals surface area contributed by atoms with Crippen LogP contribution in [0.4, 0.5) is 19.1 Å². The fourth-order valence-electron chi connectivity index (χ4n) is 11.6. The predicted octanol–water partition coefficient (Wildman–Crippen LogP) is 9.56. The SMILES string of the molecule is CCOC(=O)C1=NOC(c2ccccc2)(c2ccccc2)C1.CCc1cc(C)cc(CC)c1-c1c(OC(=O)C(C)(C)C)n2n(c1=O)CCOCC2.COc1cc(OC)n2nc(NS(=O)(=O)c3c(C(F)(F)F)ccnc3OC)nc2n1.Cc1c(C(=O)c2cnn(C)c2O)ccc(S(C)(=O)=O)c1C1=NOCC1. The van der Waals surface area contributed by atoms with Crippen molar-refractivity contribution in [2.24, 2.45) is 22.8 Å². The van der Waals surface area contributed by atoms with E-state index in [1.54, 1.807) is 23.2 Å². The number of anilines is 1. The molecule has 4 aromatic carbocycles. The number of esters is 2. The molecule has 3 aliphatic heterocycles. The fraction of sp³-hybridized carbons (Fsp3) is 0.366. The van der Waals surface area contributed by atoms with Crippen molar-refractivity contribution in [3.63, 3.8) is 0 Å². The van der Waals surface area contributed by atoms with Crippen molar-refractivity contribution in [3.8, 4) is 40.5 Å². The number of hydrogen-bond donors (Lipinski definition) is 2. The van der Waals surface area contributed by atoms with Crippen molar-refractivity contribution in [2.75, 3.05) is 58.7 Å². The molecule has 12 rings (SSSR count). The number of halogens is 3. The number of ketones is 1. The van der Waals surface area contributed by atoms with Crippen molar-refractivity contribution < 1.29 is 87.6 Å². The highest BCUT2D eigenvalue weighted by molar-refractivity contribution is 7.93. The molecule has 3 aliphatic rings. The van der Waals surface area contributed by atoms with E-state index in [4.69, 9.17) is 38.1 Å². The Balaban J connectivity index is 0.000000163. The van der Waals surface area contributed by atoms with E-state index in [0.717, 1.165) is 64.7 Å². The van der Waals surface area contributed by atoms with Crippen molar-refractivity contribution >= 4 is 60.7 Å². The third kappa shape index (κ3) is 17.0. The zero-order valence-corrected chi connectivity index (χ0v) is 61.4. The van der Waals surface area contributed by atoms with E-state index in [1.807, 2.05) is 86.2 Å². The molecule has 9 aromatic rings. The summed E-state index contributed by atoms with van der Waals surface area (Å²) in [4.78, 5) is 72.1. The average molecular weight is 1490 g/mol. The lowest BCUT2D eigenvalue weighted by Crippen LogP contribution is -2.29. The fourth-order valence-corrected chi connectivity index (χ4v) is 13.8. The minimum absolute atomic E-state index is 0.0493. The number of aryl methyl sites for hydroxylation is 4. The molecular formula is C71H79F3N12O17S2. The van der Waals surface area contributed by atoms with E-state index >= 15 is 0 Å². The highest BCUT2D eigenvalue weighted by Crippen LogP contribution is 2.43. The van der Waals surface area contributed by atoms with Crippen LogP contribution in [0.3, 0.4) is 0 Å². The van der Waals surface area contributed by atoms with Gasteiger partial charge < -0.3 is 43.2 Å². The topological polar surface area (TPSA) is 351 Å². The number of oxime groups is 2. The molecule has 0 saturated carbocycles. The van der Waals surface area contributed by atoms with Crippen LogP contribution >= 0.6 is 0 Å². The summed E-state index contributed by atoms with van der Waals surface area (Å²) in [5.74, 6) is -2.34. The minimum atomic E-state index is -4.98. The summed E-state index contributed by atoms with van der Waals surface area (Å²) < 4.78 is 128. The minimum Gasteiger partial charge on any atom is -0.493 e. The molecule has 0 aliphatic carbocycles. The van der Waals surface area contributed by atoms with E-state index in [-0.39, 0.29) is 51.0 Å². The van der Waals surface area contributed by atoms with Gasteiger partial charge in [-0.15, -0.1) is 5.10 Å². The number of nitrogens with one attached hydrogen (secondary N) is 1. The van der Waals surface area contributed by atoms with Gasteiger partial charge in [-0.25, -0.2) is 45.4 Å². The summed E-state index contributed by atoms with van der Waals surface area (Å²) in [6.45, 7) is 17.7. The van der Waals surface area contributed by atoms with Crippen LogP contribution in [0, 0.1) is 19.3 Å². The third-order valence-electron chi connectivity index (χ3n) is 16.7. The van der Waals surface area contributed by atoms with Crippen molar-refractivity contribution in [2.45, 2.75) is 116 Å². The second-order valence-corrected chi connectivity index (χ2v) is 28.5. The lowest BCUT2D eigenvalue weighted by atomic mass is 9.82. The standard InChI is InChI=1S/C23H32N2O4.C18H17NO3.C16H17N3O5S.C14H13F3N6O5S/c1-7-16-13-15(3)14-17(8-2)18(16)19-20(26)24-9-11-28-12-10-25(24)21(19)29-22(27)23(4,5)6;1-2-21-17(20)16-13-18(22-19-16,14-9-5-3-6-10-14)15-11-7-4-8-12-15;1-9-10(15(20)11-8-17-19(2)16(11)21)4-5-13(25(3,22)23)14(9)12-6-7-24-18-12;1-26-8-6-9(27-2)23-13(19-8)20-12(21-23)22-29(24,25)10-7(14(15,16)17)4-5-18-11(10)28-3/h13-14H,7-12H2,1-6H3;3-12H,2,13H2,1H3;4-5,8,21H,6-7H2,1-3H3;4-6H,1-3H3,(H,21,22). The number of nitrogens with zero attached hydrogens (tertiary/aromatic N) is 11. The number of carbonyl (C=O) groups excluding carboxylic acids is 3. The molecule has 8 heterocycles. The Morgan fingerprint density at radius 2 is 1.41 bits per heavy atom. The monoisotopic (exact) mass is 1490 g/mol. The number of fused-ring (bicyclic) bond motifs is 2. The van der Waals surface area contributed by atoms with Gasteiger partial charge in [0, 0.05) is 48.2 Å². The summed E-state index contributed by atoms with van der Waals surface area (Å²) in [7, 11) is -3.20. The zero-order valence-electron chi connectivity index (χ0n) is 59.8. The number of sulfone groups is 1. The van der Waals surface area contributed by atoms with Crippen LogP contribution in [-0.2, 0) is 93.4 Å². The van der Waals surface area contributed by atoms with Gasteiger partial charge in [-0.1, -0.05) is 103 Å². The Labute approximate surface area is 602 Å². The van der Waals surface area contributed by atoms with E-state index < -0.39 is 71.1 Å². The van der Waals surface area contributed by atoms with E-state index in [0.29, 0.717) is 92.4 Å². The summed E-state index contributed by atoms with van der Waals surface area (Å²) in [5.41, 5.74) is 5.66. The quantitative estimate of drug-likeness (QED) is 0.0596. The molecule has 5 aromatic heterocycles. The number of benzene rings is 4. The predicted molar refractivity (Wildman–Crippen MR) is 377 cm³/mol. The Kier molecular flexibility index (Phi) is 24.1. The maximum Gasteiger partial charge on any atom is 0.418 e. The third-order valence-corrected chi connectivity index (χ3v) is 19.2. The normalized spacial score (nSPS) is 14.0. The number of hydrogen-bond acceptors (Lipinski definition) is 24. The number of methoxy groups -OCH3 is 3. The van der Waals surface area contributed by atoms with Gasteiger partial charge in [0.25, 0.3) is 27.3 Å². The molecule has 0 amide bonds. The van der Waals surface area contributed by atoms with Gasteiger partial charge in [0.05, 0.1) is 94.5 Å². The Bertz CT molecular complexity index is 5020. The summed E-state index contributed by atoms with van der Waals surface area (Å²) in [5, 5.41) is 25.6. The van der Waals surface area contributed by atoms with Crippen LogP contribution in [0.1, 0.15) is 115 Å². The number of sulfonamides is 1. The number of carbonyl (C=O) groups is 3. The van der Waals surface area contributed by atoms with Gasteiger partial charge in [-0.2, -0.15) is 32.8 Å². The Morgan fingerprint density at radius 1 is 0.771 bits per heavy atom. The highest BCUT2D eigenvalue weighted by Gasteiger charge is 2.46. The van der Waals surface area contributed by atoms with Crippen LogP contribution in [0.5, 0.6) is 29.4 Å². The summed E-state index contributed by atoms with van der Waals surface area (Å²) in [6.07, 6.45) is 0.594. The molecule has 0 fully saturated rings. The molecule has 0 radical (unpaired) electrons. The van der Waals surface area contributed by atoms with Crippen molar-refractivity contribution in [3.05, 3.63) is 175 Å². The maximum absolute atomic E-state index is 13.5. The molecule has 0 bridgehead atoms. The number of rotatable bonds is 18. The molecule has 0 spiro atoms. The van der Waals surface area contributed by atoms with E-state index in [9.17, 15) is 54.3 Å². The molecule has 0 unspecified atom stereocenters. The number of aromatic hydroxyl groups is 1. The first-order valence-corrected chi connectivity index (χ1v) is 36.2. The van der Waals surface area contributed by atoms with Gasteiger partial charge >= 0.3 is 18.1 Å². The highest BCUT2D eigenvalue weighted by atomic mass is 32.2. The van der Waals surface area contributed by atoms with Gasteiger partial charge in [-0.05, 0) is 94.8 Å². The van der Waals surface area contributed by atoms with Crippen LogP contribution in [0.25, 0.3) is 16.9 Å². The average Bonchev–Trinajstić information content (AvgIpc) is 1.66. The lowest BCUT2D eigenvalue weighted by molar-refractivity contribution is -0.143. The molecular weight excluding hydrogens is 1410 g/mol. The Morgan fingerprint density at radius 3 is 1.94 bits per heavy atom. The zero-order chi connectivity index (χ0) is 76.5. The summed E-state index contributed by atoms with van der Waals surface area (Å²) in [6, 6.07) is 28.6. The van der Waals surface area contributed by atoms with Gasteiger partial charge in [0.15, 0.2) is 31.8 Å². The number of pyridine rings is 1. The van der Waals surface area contributed by atoms with Gasteiger partial charge in [0.2, 0.25) is 29.4 Å². The van der Waals surface area contributed by atoms with Crippen LogP contribution < -0.4 is 29.2 Å². The van der Waals surface area contributed by atoms with Gasteiger partial charge in [-0.3, -0.25) is 14.4 Å². The van der Waals surface area contributed by atoms with Crippen molar-refractivity contribution in [1.29, 1.82) is 0 Å². The molecule has 558 valence electrons. The smallest absolute Gasteiger partial charge is 0.418 e. The number of alkyl halides is 3. The second-order valence-electron chi connectivity index (χ2n) is 24.9. The maximum atomic E-state index is 13.5. The summed E-state index contributed by atoms with van der Waals surface area (Å²) >= 11 is 0. The number of aromatic nitrogens is 9. The molecule has 34 heteroatoms. The second kappa shape index (κ2) is 32.3. The largest absolute Gasteiger partial charge is 0.493 e. The van der Waals surface area contributed by atoms with Crippen LogP contribution in [0.2, 0.25) is 0 Å². The molecule has 105 heavy (non-hydrogen) atoms. The first kappa shape index (κ1) is 78.1. The number of ether oxygens (including phenoxy) is 6. The van der Waals surface area contributed by atoms with E-state index in [2.05, 4.69) is 68.4 Å². The van der Waals surface area contributed by atoms with Crippen molar-refractivity contribution in [1.82, 2.24) is 43.7 Å². The first-order chi connectivity index (χ1) is 49.8. The van der Waals surface area contributed by atoms with Crippen LogP contribution in [-0.4, -0.2) is 149 Å². The first-order valence-electron chi connectivity index (χ1n) is 32.8. The molecule has 29 nitrogen and oxygen atoms in total. The molecule has 0 saturated heterocycles. The van der Waals surface area contributed by atoms with Crippen LogP contribution in [0.15, 0.2) is 134 Å². The van der Waals surface area contributed by atoms with E-state index in [1.165, 1.54) is 55.9 Å². The molecule has 0 atom stereocenters. The lowest BCUT2D eigenvalue weighted by Gasteiger charge is -2.27. The van der Waals surface area contributed by atoms with Gasteiger partial charge in [0.1, 0.15) is 17.7 Å².